The van der Waals surface area contributed by atoms with E-state index in [0.29, 0.717) is 24.0 Å². The molecule has 8 nitrogen and oxygen atoms in total. The number of benzene rings is 1. The van der Waals surface area contributed by atoms with Crippen molar-refractivity contribution >= 4 is 11.9 Å². The van der Waals surface area contributed by atoms with Crippen LogP contribution in [0.5, 0.6) is 11.5 Å². The van der Waals surface area contributed by atoms with Gasteiger partial charge in [0.2, 0.25) is 5.95 Å². The SMILES string of the molecule is COc1cc(CNc2ncn[nH]2)ccc1OCC(=O)NC1CCCCC1. The number of anilines is 1. The largest absolute Gasteiger partial charge is 0.493 e. The average Bonchev–Trinajstić information content (AvgIpc) is 3.19. The van der Waals surface area contributed by atoms with Gasteiger partial charge in [-0.2, -0.15) is 5.10 Å². The van der Waals surface area contributed by atoms with E-state index < -0.39 is 0 Å². The Morgan fingerprint density at radius 2 is 2.12 bits per heavy atom. The number of aromatic amines is 1. The van der Waals surface area contributed by atoms with Gasteiger partial charge in [-0.05, 0) is 30.5 Å². The molecule has 1 amide bonds. The lowest BCUT2D eigenvalue weighted by atomic mass is 9.95. The molecule has 3 N–H and O–H groups in total. The molecule has 0 unspecified atom stereocenters. The fourth-order valence-corrected chi connectivity index (χ4v) is 3.08. The number of methoxy groups -OCH3 is 1. The van der Waals surface area contributed by atoms with Gasteiger partial charge in [0.05, 0.1) is 7.11 Å². The monoisotopic (exact) mass is 359 g/mol. The molecule has 0 saturated heterocycles. The van der Waals surface area contributed by atoms with Crippen LogP contribution >= 0.6 is 0 Å². The van der Waals surface area contributed by atoms with Crippen molar-refractivity contribution < 1.29 is 14.3 Å². The Bertz CT molecular complexity index is 699. The minimum Gasteiger partial charge on any atom is -0.493 e. The Kier molecular flexibility index (Phi) is 6.29. The topological polar surface area (TPSA) is 101 Å². The number of nitrogens with one attached hydrogen (secondary N) is 3. The lowest BCUT2D eigenvalue weighted by molar-refractivity contribution is -0.124. The molecule has 0 spiro atoms. The maximum absolute atomic E-state index is 12.1. The lowest BCUT2D eigenvalue weighted by Gasteiger charge is -2.22. The van der Waals surface area contributed by atoms with Crippen molar-refractivity contribution in [3.8, 4) is 11.5 Å². The van der Waals surface area contributed by atoms with Gasteiger partial charge < -0.3 is 20.1 Å². The third kappa shape index (κ3) is 5.11. The summed E-state index contributed by atoms with van der Waals surface area (Å²) in [6.45, 7) is 0.552. The summed E-state index contributed by atoms with van der Waals surface area (Å²) < 4.78 is 11.0. The van der Waals surface area contributed by atoms with Crippen LogP contribution in [0.2, 0.25) is 0 Å². The van der Waals surface area contributed by atoms with Crippen LogP contribution in [-0.2, 0) is 11.3 Å². The Morgan fingerprint density at radius 3 is 2.85 bits per heavy atom. The van der Waals surface area contributed by atoms with Crippen LogP contribution in [0, 0.1) is 0 Å². The highest BCUT2D eigenvalue weighted by Crippen LogP contribution is 2.28. The Morgan fingerprint density at radius 1 is 1.27 bits per heavy atom. The number of carbonyl (C=O) groups is 1. The van der Waals surface area contributed by atoms with E-state index in [0.717, 1.165) is 18.4 Å². The average molecular weight is 359 g/mol. The molecule has 1 fully saturated rings. The first-order valence-electron chi connectivity index (χ1n) is 8.93. The van der Waals surface area contributed by atoms with Crippen LogP contribution in [0.15, 0.2) is 24.5 Å². The van der Waals surface area contributed by atoms with E-state index in [1.54, 1.807) is 7.11 Å². The minimum atomic E-state index is -0.0879. The maximum atomic E-state index is 12.1. The van der Waals surface area contributed by atoms with E-state index >= 15 is 0 Å². The van der Waals surface area contributed by atoms with Gasteiger partial charge in [0.15, 0.2) is 18.1 Å². The Hall–Kier alpha value is -2.77. The molecule has 0 aliphatic heterocycles. The maximum Gasteiger partial charge on any atom is 0.258 e. The smallest absolute Gasteiger partial charge is 0.258 e. The number of hydrogen-bond donors (Lipinski definition) is 3. The van der Waals surface area contributed by atoms with Gasteiger partial charge in [-0.3, -0.25) is 4.79 Å². The van der Waals surface area contributed by atoms with Crippen LogP contribution in [0.3, 0.4) is 0 Å². The highest BCUT2D eigenvalue weighted by Gasteiger charge is 2.16. The van der Waals surface area contributed by atoms with Crippen LogP contribution < -0.4 is 20.1 Å². The predicted molar refractivity (Wildman–Crippen MR) is 97.2 cm³/mol. The summed E-state index contributed by atoms with van der Waals surface area (Å²) in [5.41, 5.74) is 0.997. The van der Waals surface area contributed by atoms with E-state index in [2.05, 4.69) is 25.8 Å². The summed E-state index contributed by atoms with van der Waals surface area (Å²) in [5.74, 6) is 1.65. The van der Waals surface area contributed by atoms with E-state index in [1.807, 2.05) is 18.2 Å². The van der Waals surface area contributed by atoms with Gasteiger partial charge in [0.1, 0.15) is 6.33 Å². The van der Waals surface area contributed by atoms with Gasteiger partial charge in [-0.15, -0.1) is 0 Å². The van der Waals surface area contributed by atoms with Crippen LogP contribution in [0.4, 0.5) is 5.95 Å². The molecular formula is C18H25N5O3. The van der Waals surface area contributed by atoms with E-state index in [9.17, 15) is 4.79 Å². The van der Waals surface area contributed by atoms with Crippen molar-refractivity contribution in [2.24, 2.45) is 0 Å². The molecule has 3 rings (SSSR count). The van der Waals surface area contributed by atoms with Crippen molar-refractivity contribution in [1.82, 2.24) is 20.5 Å². The number of nitrogens with zero attached hydrogens (tertiary/aromatic N) is 2. The number of H-pyrrole nitrogens is 1. The molecular weight excluding hydrogens is 334 g/mol. The zero-order valence-corrected chi connectivity index (χ0v) is 15.0. The van der Waals surface area contributed by atoms with Crippen molar-refractivity contribution in [2.75, 3.05) is 19.0 Å². The molecule has 26 heavy (non-hydrogen) atoms. The summed E-state index contributed by atoms with van der Waals surface area (Å²) in [5, 5.41) is 12.7. The lowest BCUT2D eigenvalue weighted by Crippen LogP contribution is -2.39. The summed E-state index contributed by atoms with van der Waals surface area (Å²) in [4.78, 5) is 16.1. The third-order valence-electron chi connectivity index (χ3n) is 4.43. The summed E-state index contributed by atoms with van der Waals surface area (Å²) in [7, 11) is 1.58. The first-order chi connectivity index (χ1) is 12.7. The first-order valence-corrected chi connectivity index (χ1v) is 8.93. The van der Waals surface area contributed by atoms with Crippen molar-refractivity contribution in [2.45, 2.75) is 44.7 Å². The zero-order valence-electron chi connectivity index (χ0n) is 15.0. The van der Waals surface area contributed by atoms with Gasteiger partial charge in [0.25, 0.3) is 5.91 Å². The first kappa shape index (κ1) is 18.0. The van der Waals surface area contributed by atoms with Crippen LogP contribution in [0.1, 0.15) is 37.7 Å². The molecule has 2 aromatic rings. The molecule has 0 radical (unpaired) electrons. The molecule has 140 valence electrons. The molecule has 1 aromatic heterocycles. The molecule has 8 heteroatoms. The fraction of sp³-hybridized carbons (Fsp3) is 0.500. The van der Waals surface area contributed by atoms with E-state index in [4.69, 9.17) is 9.47 Å². The summed E-state index contributed by atoms with van der Waals surface area (Å²) in [6.07, 6.45) is 7.19. The molecule has 1 aliphatic carbocycles. The molecule has 1 aliphatic rings. The number of ether oxygens (including phenoxy) is 2. The van der Waals surface area contributed by atoms with E-state index in [-0.39, 0.29) is 18.6 Å². The number of rotatable bonds is 8. The van der Waals surface area contributed by atoms with Crippen molar-refractivity contribution in [3.63, 3.8) is 0 Å². The van der Waals surface area contributed by atoms with Crippen molar-refractivity contribution in [1.29, 1.82) is 0 Å². The van der Waals surface area contributed by atoms with Crippen molar-refractivity contribution in [3.05, 3.63) is 30.1 Å². The third-order valence-corrected chi connectivity index (χ3v) is 4.43. The second-order valence-electron chi connectivity index (χ2n) is 6.36. The fourth-order valence-electron chi connectivity index (χ4n) is 3.08. The van der Waals surface area contributed by atoms with Gasteiger partial charge >= 0.3 is 0 Å². The Balaban J connectivity index is 1.51. The predicted octanol–water partition coefficient (Wildman–Crippen LogP) is 2.25. The molecule has 0 atom stereocenters. The van der Waals surface area contributed by atoms with Gasteiger partial charge in [-0.25, -0.2) is 10.1 Å². The summed E-state index contributed by atoms with van der Waals surface area (Å²) in [6, 6.07) is 5.88. The molecule has 1 saturated carbocycles. The van der Waals surface area contributed by atoms with Gasteiger partial charge in [0, 0.05) is 12.6 Å². The number of carbonyl (C=O) groups excluding carboxylic acids is 1. The minimum absolute atomic E-state index is 0.0114. The second kappa shape index (κ2) is 9.07. The Labute approximate surface area is 152 Å². The number of amides is 1. The highest BCUT2D eigenvalue weighted by molar-refractivity contribution is 5.78. The van der Waals surface area contributed by atoms with E-state index in [1.165, 1.54) is 25.6 Å². The number of aromatic nitrogens is 3. The van der Waals surface area contributed by atoms with Crippen LogP contribution in [0.25, 0.3) is 0 Å². The second-order valence-corrected chi connectivity index (χ2v) is 6.36. The van der Waals surface area contributed by atoms with Gasteiger partial charge in [-0.1, -0.05) is 25.3 Å². The summed E-state index contributed by atoms with van der Waals surface area (Å²) >= 11 is 0. The quantitative estimate of drug-likeness (QED) is 0.668. The molecule has 1 aromatic carbocycles. The highest BCUT2D eigenvalue weighted by atomic mass is 16.5. The zero-order chi connectivity index (χ0) is 18.2. The molecule has 1 heterocycles. The van der Waals surface area contributed by atoms with Crippen LogP contribution in [-0.4, -0.2) is 40.8 Å². The normalized spacial score (nSPS) is 14.7. The molecule has 0 bridgehead atoms. The standard InChI is InChI=1S/C18H25N5O3/c1-25-16-9-13(10-19-18-20-12-21-23-18)7-8-15(16)26-11-17(24)22-14-5-3-2-4-6-14/h7-9,12,14H,2-6,10-11H2,1H3,(H,22,24)(H2,19,20,21,23). The number of hydrogen-bond acceptors (Lipinski definition) is 6.